The zero-order chi connectivity index (χ0) is 14.8. The molecule has 112 valence electrons. The van der Waals surface area contributed by atoms with Crippen molar-refractivity contribution in [3.05, 3.63) is 18.2 Å². The fourth-order valence-corrected chi connectivity index (χ4v) is 2.60. The topological polar surface area (TPSA) is 82.2 Å². The Morgan fingerprint density at radius 3 is 3.00 bits per heavy atom. The zero-order valence-corrected chi connectivity index (χ0v) is 12.4. The molecule has 0 aliphatic heterocycles. The molecule has 6 nitrogen and oxygen atoms in total. The largest absolute Gasteiger partial charge is 0.378 e. The number of rotatable bonds is 6. The van der Waals surface area contributed by atoms with Crippen LogP contribution in [0.4, 0.5) is 0 Å². The van der Waals surface area contributed by atoms with Gasteiger partial charge in [-0.2, -0.15) is 0 Å². The molecule has 2 atom stereocenters. The lowest BCUT2D eigenvalue weighted by Crippen LogP contribution is -2.62. The highest BCUT2D eigenvalue weighted by Crippen LogP contribution is 2.42. The molecule has 1 aromatic rings. The highest BCUT2D eigenvalue weighted by atomic mass is 16.5. The van der Waals surface area contributed by atoms with Gasteiger partial charge in [-0.3, -0.25) is 4.79 Å². The number of nitrogens with two attached hydrogens (primary N) is 1. The van der Waals surface area contributed by atoms with Crippen molar-refractivity contribution >= 4 is 5.91 Å². The van der Waals surface area contributed by atoms with Gasteiger partial charge in [0.15, 0.2) is 0 Å². The number of carbonyl (C=O) groups is 1. The molecule has 0 bridgehead atoms. The summed E-state index contributed by atoms with van der Waals surface area (Å²) in [6.07, 6.45) is 4.44. The van der Waals surface area contributed by atoms with Crippen LogP contribution in [0.2, 0.25) is 0 Å². The molecular weight excluding hydrogens is 256 g/mol. The Bertz CT molecular complexity index is 469. The minimum atomic E-state index is -0.131. The van der Waals surface area contributed by atoms with Crippen molar-refractivity contribution in [3.8, 4) is 0 Å². The van der Waals surface area contributed by atoms with E-state index >= 15 is 0 Å². The first-order chi connectivity index (χ1) is 9.48. The van der Waals surface area contributed by atoms with Crippen molar-refractivity contribution in [2.45, 2.75) is 45.9 Å². The SMILES string of the molecule is CCOC1CC(NC(=O)c2cn(CCN)cn2)C1(C)C. The van der Waals surface area contributed by atoms with Gasteiger partial charge in [0, 0.05) is 37.4 Å². The molecule has 1 aromatic heterocycles. The van der Waals surface area contributed by atoms with E-state index in [0.717, 1.165) is 6.42 Å². The third-order valence-corrected chi connectivity index (χ3v) is 4.10. The summed E-state index contributed by atoms with van der Waals surface area (Å²) < 4.78 is 7.48. The van der Waals surface area contributed by atoms with Gasteiger partial charge in [0.05, 0.1) is 12.4 Å². The lowest BCUT2D eigenvalue weighted by molar-refractivity contribution is -0.111. The van der Waals surface area contributed by atoms with E-state index in [-0.39, 0.29) is 23.5 Å². The van der Waals surface area contributed by atoms with Gasteiger partial charge in [0.1, 0.15) is 5.69 Å². The summed E-state index contributed by atoms with van der Waals surface area (Å²) >= 11 is 0. The summed E-state index contributed by atoms with van der Waals surface area (Å²) in [4.78, 5) is 16.3. The molecule has 1 aliphatic carbocycles. The van der Waals surface area contributed by atoms with E-state index in [2.05, 4.69) is 24.1 Å². The predicted octanol–water partition coefficient (Wildman–Crippen LogP) is 0.775. The van der Waals surface area contributed by atoms with Crippen LogP contribution in [0.15, 0.2) is 12.5 Å². The molecule has 6 heteroatoms. The van der Waals surface area contributed by atoms with Crippen molar-refractivity contribution in [2.75, 3.05) is 13.2 Å². The predicted molar refractivity (Wildman–Crippen MR) is 76.3 cm³/mol. The maximum absolute atomic E-state index is 12.2. The summed E-state index contributed by atoms with van der Waals surface area (Å²) in [6, 6.07) is 0.131. The molecule has 1 fully saturated rings. The van der Waals surface area contributed by atoms with Crippen LogP contribution in [0.3, 0.4) is 0 Å². The Kier molecular flexibility index (Phi) is 4.45. The molecule has 0 aromatic carbocycles. The molecule has 2 unspecified atom stereocenters. The van der Waals surface area contributed by atoms with Crippen LogP contribution in [0.5, 0.6) is 0 Å². The average molecular weight is 280 g/mol. The highest BCUT2D eigenvalue weighted by Gasteiger charge is 2.49. The molecule has 0 radical (unpaired) electrons. The molecule has 1 heterocycles. The minimum Gasteiger partial charge on any atom is -0.378 e. The van der Waals surface area contributed by atoms with Crippen molar-refractivity contribution in [3.63, 3.8) is 0 Å². The highest BCUT2D eigenvalue weighted by molar-refractivity contribution is 5.92. The molecule has 2 rings (SSSR count). The first-order valence-electron chi connectivity index (χ1n) is 7.13. The van der Waals surface area contributed by atoms with Crippen molar-refractivity contribution in [2.24, 2.45) is 11.1 Å². The second-order valence-corrected chi connectivity index (χ2v) is 5.81. The third kappa shape index (κ3) is 2.86. The maximum Gasteiger partial charge on any atom is 0.271 e. The molecule has 20 heavy (non-hydrogen) atoms. The summed E-state index contributed by atoms with van der Waals surface area (Å²) in [5.74, 6) is -0.131. The maximum atomic E-state index is 12.2. The van der Waals surface area contributed by atoms with E-state index in [0.29, 0.717) is 25.4 Å². The summed E-state index contributed by atoms with van der Waals surface area (Å²) in [6.45, 7) is 8.14. The normalized spacial score (nSPS) is 24.2. The van der Waals surface area contributed by atoms with E-state index in [1.54, 1.807) is 12.5 Å². The van der Waals surface area contributed by atoms with Crippen molar-refractivity contribution in [1.29, 1.82) is 0 Å². The van der Waals surface area contributed by atoms with Gasteiger partial charge in [-0.25, -0.2) is 4.98 Å². The Morgan fingerprint density at radius 2 is 2.40 bits per heavy atom. The van der Waals surface area contributed by atoms with E-state index in [1.807, 2.05) is 11.5 Å². The fourth-order valence-electron chi connectivity index (χ4n) is 2.60. The third-order valence-electron chi connectivity index (χ3n) is 4.10. The lowest BCUT2D eigenvalue weighted by Gasteiger charge is -2.51. The standard InChI is InChI=1S/C14H24N4O2/c1-4-20-12-7-11(14(12,2)3)17-13(19)10-8-18(6-5-15)9-16-10/h8-9,11-12H,4-7,15H2,1-3H3,(H,17,19). The molecule has 1 aliphatic rings. The summed E-state index contributed by atoms with van der Waals surface area (Å²) in [5, 5.41) is 3.04. The number of nitrogens with zero attached hydrogens (tertiary/aromatic N) is 2. The molecule has 0 spiro atoms. The van der Waals surface area contributed by atoms with Crippen LogP contribution in [-0.4, -0.2) is 40.8 Å². The lowest BCUT2D eigenvalue weighted by atomic mass is 9.64. The molecule has 0 saturated heterocycles. The number of nitrogens with one attached hydrogen (secondary N) is 1. The monoisotopic (exact) mass is 280 g/mol. The number of hydrogen-bond donors (Lipinski definition) is 2. The molecular formula is C14H24N4O2. The van der Waals surface area contributed by atoms with E-state index in [1.165, 1.54) is 0 Å². The van der Waals surface area contributed by atoms with Gasteiger partial charge in [-0.1, -0.05) is 13.8 Å². The van der Waals surface area contributed by atoms with Crippen LogP contribution < -0.4 is 11.1 Å². The smallest absolute Gasteiger partial charge is 0.271 e. The van der Waals surface area contributed by atoms with Gasteiger partial charge in [-0.05, 0) is 13.3 Å². The van der Waals surface area contributed by atoms with Crippen LogP contribution in [0.25, 0.3) is 0 Å². The van der Waals surface area contributed by atoms with E-state index < -0.39 is 0 Å². The zero-order valence-electron chi connectivity index (χ0n) is 12.4. The van der Waals surface area contributed by atoms with Gasteiger partial charge in [0.2, 0.25) is 0 Å². The first-order valence-corrected chi connectivity index (χ1v) is 7.13. The van der Waals surface area contributed by atoms with Crippen LogP contribution in [0, 0.1) is 5.41 Å². The number of carbonyl (C=O) groups excluding carboxylic acids is 1. The second-order valence-electron chi connectivity index (χ2n) is 5.81. The molecule has 3 N–H and O–H groups in total. The van der Waals surface area contributed by atoms with Crippen LogP contribution in [0.1, 0.15) is 37.7 Å². The fraction of sp³-hybridized carbons (Fsp3) is 0.714. The van der Waals surface area contributed by atoms with Crippen LogP contribution in [-0.2, 0) is 11.3 Å². The molecule has 1 amide bonds. The average Bonchev–Trinajstić information content (AvgIpc) is 2.86. The van der Waals surface area contributed by atoms with Gasteiger partial charge >= 0.3 is 0 Å². The molecule has 1 saturated carbocycles. The Morgan fingerprint density at radius 1 is 1.65 bits per heavy atom. The van der Waals surface area contributed by atoms with Crippen molar-refractivity contribution < 1.29 is 9.53 Å². The van der Waals surface area contributed by atoms with E-state index in [9.17, 15) is 4.79 Å². The summed E-state index contributed by atoms with van der Waals surface area (Å²) in [7, 11) is 0. The van der Waals surface area contributed by atoms with Gasteiger partial charge in [-0.15, -0.1) is 0 Å². The Labute approximate surface area is 119 Å². The summed E-state index contributed by atoms with van der Waals surface area (Å²) in [5.41, 5.74) is 5.88. The van der Waals surface area contributed by atoms with Crippen molar-refractivity contribution in [1.82, 2.24) is 14.9 Å². The first kappa shape index (κ1) is 15.0. The number of imidazole rings is 1. The minimum absolute atomic E-state index is 0.0362. The Balaban J connectivity index is 1.92. The van der Waals surface area contributed by atoms with Crippen LogP contribution >= 0.6 is 0 Å². The Hall–Kier alpha value is -1.40. The number of ether oxygens (including phenoxy) is 1. The van der Waals surface area contributed by atoms with Gasteiger partial charge < -0.3 is 20.4 Å². The number of aromatic nitrogens is 2. The number of amides is 1. The van der Waals surface area contributed by atoms with Gasteiger partial charge in [0.25, 0.3) is 5.91 Å². The second kappa shape index (κ2) is 5.93. The quantitative estimate of drug-likeness (QED) is 0.806. The number of hydrogen-bond acceptors (Lipinski definition) is 4. The van der Waals surface area contributed by atoms with E-state index in [4.69, 9.17) is 10.5 Å².